The third kappa shape index (κ3) is 6.06. The van der Waals surface area contributed by atoms with Gasteiger partial charge in [-0.15, -0.1) is 0 Å². The lowest BCUT2D eigenvalue weighted by Gasteiger charge is -2.22. The Balaban J connectivity index is 1.57. The van der Waals surface area contributed by atoms with Crippen LogP contribution in [0.2, 0.25) is 5.02 Å². The molecule has 7 nitrogen and oxygen atoms in total. The molecule has 1 amide bonds. The summed E-state index contributed by atoms with van der Waals surface area (Å²) in [6, 6.07) is 9.56. The number of nitrogens with one attached hydrogen (secondary N) is 1. The SMILES string of the molecule is COc1cc(Cl)ccc1OCCNC(C)Cc1cc2c(c(C(N)=O)c1)N(CCCO)CC2. The van der Waals surface area contributed by atoms with Gasteiger partial charge in [0.1, 0.15) is 6.61 Å². The molecular weight excluding hydrogens is 430 g/mol. The number of rotatable bonds is 12. The van der Waals surface area contributed by atoms with E-state index in [2.05, 4.69) is 23.2 Å². The number of methoxy groups -OCH3 is 1. The van der Waals surface area contributed by atoms with E-state index in [0.717, 1.165) is 42.7 Å². The zero-order valence-corrected chi connectivity index (χ0v) is 19.5. The van der Waals surface area contributed by atoms with Crippen LogP contribution in [0.5, 0.6) is 11.5 Å². The van der Waals surface area contributed by atoms with Crippen molar-refractivity contribution < 1.29 is 19.4 Å². The number of benzene rings is 2. The number of ether oxygens (including phenoxy) is 2. The Bertz CT molecular complexity index is 938. The van der Waals surface area contributed by atoms with Crippen LogP contribution in [0.25, 0.3) is 0 Å². The number of hydrogen-bond donors (Lipinski definition) is 3. The molecule has 3 rings (SSSR count). The van der Waals surface area contributed by atoms with Gasteiger partial charge in [0, 0.05) is 43.4 Å². The Labute approximate surface area is 194 Å². The Hall–Kier alpha value is -2.48. The lowest BCUT2D eigenvalue weighted by Crippen LogP contribution is -2.32. The maximum Gasteiger partial charge on any atom is 0.250 e. The first kappa shape index (κ1) is 24.2. The first-order chi connectivity index (χ1) is 15.4. The number of aliphatic hydroxyl groups is 1. The molecule has 1 aliphatic heterocycles. The predicted molar refractivity (Wildman–Crippen MR) is 127 cm³/mol. The minimum absolute atomic E-state index is 0.132. The summed E-state index contributed by atoms with van der Waals surface area (Å²) in [5.41, 5.74) is 9.43. The van der Waals surface area contributed by atoms with Crippen molar-refractivity contribution >= 4 is 23.2 Å². The van der Waals surface area contributed by atoms with Gasteiger partial charge in [0.05, 0.1) is 18.4 Å². The summed E-state index contributed by atoms with van der Waals surface area (Å²) in [4.78, 5) is 14.3. The predicted octanol–water partition coefficient (Wildman–Crippen LogP) is 2.79. The molecule has 2 aromatic carbocycles. The van der Waals surface area contributed by atoms with Crippen molar-refractivity contribution in [2.24, 2.45) is 5.73 Å². The molecule has 32 heavy (non-hydrogen) atoms. The van der Waals surface area contributed by atoms with E-state index in [1.165, 1.54) is 0 Å². The minimum atomic E-state index is -0.412. The van der Waals surface area contributed by atoms with Crippen molar-refractivity contribution in [3.8, 4) is 11.5 Å². The number of fused-ring (bicyclic) bond motifs is 1. The average molecular weight is 462 g/mol. The lowest BCUT2D eigenvalue weighted by atomic mass is 9.98. The van der Waals surface area contributed by atoms with Crippen molar-refractivity contribution in [1.82, 2.24) is 5.32 Å². The second kappa shape index (κ2) is 11.4. The Kier molecular flexibility index (Phi) is 8.61. The Morgan fingerprint density at radius 1 is 1.31 bits per heavy atom. The van der Waals surface area contributed by atoms with Gasteiger partial charge in [-0.1, -0.05) is 17.7 Å². The van der Waals surface area contributed by atoms with Gasteiger partial charge in [0.15, 0.2) is 11.5 Å². The fourth-order valence-corrected chi connectivity index (χ4v) is 4.30. The third-order valence-corrected chi connectivity index (χ3v) is 5.82. The number of nitrogens with zero attached hydrogens (tertiary/aromatic N) is 1. The highest BCUT2D eigenvalue weighted by Crippen LogP contribution is 2.33. The third-order valence-electron chi connectivity index (χ3n) is 5.59. The molecule has 0 spiro atoms. The van der Waals surface area contributed by atoms with Crippen LogP contribution in [-0.2, 0) is 12.8 Å². The summed E-state index contributed by atoms with van der Waals surface area (Å²) in [5.74, 6) is 0.849. The fourth-order valence-electron chi connectivity index (χ4n) is 4.14. The second-order valence-corrected chi connectivity index (χ2v) is 8.47. The molecular formula is C24H32ClN3O4. The van der Waals surface area contributed by atoms with Gasteiger partial charge in [-0.25, -0.2) is 0 Å². The maximum atomic E-state index is 12.1. The zero-order valence-electron chi connectivity index (χ0n) is 18.7. The summed E-state index contributed by atoms with van der Waals surface area (Å²) < 4.78 is 11.1. The largest absolute Gasteiger partial charge is 0.493 e. The van der Waals surface area contributed by atoms with Gasteiger partial charge in [0.2, 0.25) is 0 Å². The first-order valence-corrected chi connectivity index (χ1v) is 11.3. The molecule has 0 bridgehead atoms. The van der Waals surface area contributed by atoms with Crippen molar-refractivity contribution in [2.75, 3.05) is 44.9 Å². The molecule has 2 aromatic rings. The molecule has 174 valence electrons. The number of nitrogens with two attached hydrogens (primary N) is 1. The van der Waals surface area contributed by atoms with E-state index in [0.29, 0.717) is 41.7 Å². The van der Waals surface area contributed by atoms with Crippen LogP contribution in [0, 0.1) is 0 Å². The van der Waals surface area contributed by atoms with E-state index in [4.69, 9.17) is 31.9 Å². The molecule has 0 saturated heterocycles. The Morgan fingerprint density at radius 2 is 2.12 bits per heavy atom. The summed E-state index contributed by atoms with van der Waals surface area (Å²) in [5, 5.41) is 13.2. The highest BCUT2D eigenvalue weighted by atomic mass is 35.5. The number of carbonyl (C=O) groups excluding carboxylic acids is 1. The number of halogens is 1. The topological polar surface area (TPSA) is 97.1 Å². The monoisotopic (exact) mass is 461 g/mol. The van der Waals surface area contributed by atoms with Crippen LogP contribution >= 0.6 is 11.6 Å². The van der Waals surface area contributed by atoms with E-state index in [9.17, 15) is 4.79 Å². The van der Waals surface area contributed by atoms with Crippen LogP contribution in [0.1, 0.15) is 34.8 Å². The molecule has 1 atom stereocenters. The number of carbonyl (C=O) groups is 1. The van der Waals surface area contributed by atoms with Crippen LogP contribution < -0.4 is 25.4 Å². The lowest BCUT2D eigenvalue weighted by molar-refractivity contribution is 0.100. The van der Waals surface area contributed by atoms with Crippen molar-refractivity contribution in [3.05, 3.63) is 52.0 Å². The molecule has 0 fully saturated rings. The molecule has 0 saturated carbocycles. The quantitative estimate of drug-likeness (QED) is 0.420. The van der Waals surface area contributed by atoms with Crippen LogP contribution in [0.4, 0.5) is 5.69 Å². The standard InChI is InChI=1S/C24H32ClN3O4/c1-16(27-7-11-32-21-5-4-19(25)15-22(21)31-2)12-17-13-18-6-9-28(8-3-10-29)23(18)20(14-17)24(26)30/h4-5,13-16,27,29H,3,6-12H2,1-2H3,(H2,26,30). The van der Waals surface area contributed by atoms with Crippen molar-refractivity contribution in [3.63, 3.8) is 0 Å². The number of primary amides is 1. The average Bonchev–Trinajstić information content (AvgIpc) is 3.18. The summed E-state index contributed by atoms with van der Waals surface area (Å²) in [6.07, 6.45) is 2.33. The molecule has 0 aliphatic carbocycles. The highest BCUT2D eigenvalue weighted by Gasteiger charge is 2.25. The van der Waals surface area contributed by atoms with Crippen molar-refractivity contribution in [2.45, 2.75) is 32.2 Å². The van der Waals surface area contributed by atoms with Crippen molar-refractivity contribution in [1.29, 1.82) is 0 Å². The minimum Gasteiger partial charge on any atom is -0.493 e. The van der Waals surface area contributed by atoms with Crippen LogP contribution in [0.15, 0.2) is 30.3 Å². The van der Waals surface area contributed by atoms with Crippen LogP contribution in [-0.4, -0.2) is 57.0 Å². The number of anilines is 1. The molecule has 1 aliphatic rings. The fraction of sp³-hybridized carbons (Fsp3) is 0.458. The molecule has 0 aromatic heterocycles. The normalized spacial score (nSPS) is 13.7. The van der Waals surface area contributed by atoms with E-state index in [1.807, 2.05) is 6.07 Å². The molecule has 4 N–H and O–H groups in total. The molecule has 1 unspecified atom stereocenters. The van der Waals surface area contributed by atoms with Gasteiger partial charge in [0.25, 0.3) is 5.91 Å². The Morgan fingerprint density at radius 3 is 2.84 bits per heavy atom. The summed E-state index contributed by atoms with van der Waals surface area (Å²) in [6.45, 7) is 4.95. The zero-order chi connectivity index (χ0) is 23.1. The van der Waals surface area contributed by atoms with Gasteiger partial charge >= 0.3 is 0 Å². The smallest absolute Gasteiger partial charge is 0.250 e. The van der Waals surface area contributed by atoms with E-state index in [1.54, 1.807) is 25.3 Å². The van der Waals surface area contributed by atoms with Crippen LogP contribution in [0.3, 0.4) is 0 Å². The molecule has 0 radical (unpaired) electrons. The maximum absolute atomic E-state index is 12.1. The van der Waals surface area contributed by atoms with Gasteiger partial charge in [-0.2, -0.15) is 0 Å². The highest BCUT2D eigenvalue weighted by molar-refractivity contribution is 6.30. The summed E-state index contributed by atoms with van der Waals surface area (Å²) >= 11 is 5.98. The van der Waals surface area contributed by atoms with E-state index in [-0.39, 0.29) is 12.6 Å². The number of hydrogen-bond acceptors (Lipinski definition) is 6. The van der Waals surface area contributed by atoms with Gasteiger partial charge in [-0.3, -0.25) is 4.79 Å². The summed E-state index contributed by atoms with van der Waals surface area (Å²) in [7, 11) is 1.58. The molecule has 1 heterocycles. The second-order valence-electron chi connectivity index (χ2n) is 8.03. The van der Waals surface area contributed by atoms with E-state index >= 15 is 0 Å². The van der Waals surface area contributed by atoms with E-state index < -0.39 is 5.91 Å². The molecule has 8 heteroatoms. The van der Waals surface area contributed by atoms with Gasteiger partial charge in [-0.05, 0) is 55.5 Å². The van der Waals surface area contributed by atoms with Gasteiger partial charge < -0.3 is 30.5 Å². The number of amides is 1. The first-order valence-electron chi connectivity index (χ1n) is 10.9. The number of aliphatic hydroxyl groups excluding tert-OH is 1.